The molecule has 135 valence electrons. The van der Waals surface area contributed by atoms with Gasteiger partial charge in [-0.05, 0) is 74.4 Å². The van der Waals surface area contributed by atoms with Gasteiger partial charge in [-0.25, -0.2) is 4.39 Å². The highest BCUT2D eigenvalue weighted by Crippen LogP contribution is 2.10. The van der Waals surface area contributed by atoms with Crippen LogP contribution in [0.4, 0.5) is 4.39 Å². The van der Waals surface area contributed by atoms with Gasteiger partial charge in [0.05, 0.1) is 0 Å². The van der Waals surface area contributed by atoms with Gasteiger partial charge < -0.3 is 0 Å². The number of hydrogen-bond donors (Lipinski definition) is 0. The Hall–Kier alpha value is -3.23. The smallest absolute Gasteiger partial charge is 0.148 e. The number of hydrogen-bond acceptors (Lipinski definition) is 0. The molecular weight excluding hydrogens is 342 g/mol. The van der Waals surface area contributed by atoms with Gasteiger partial charge in [0.2, 0.25) is 0 Å². The first-order valence-electron chi connectivity index (χ1n) is 9.27. The van der Waals surface area contributed by atoms with Gasteiger partial charge in [0.15, 0.2) is 0 Å². The summed E-state index contributed by atoms with van der Waals surface area (Å²) in [5, 5.41) is 0. The van der Waals surface area contributed by atoms with Crippen LogP contribution in [-0.4, -0.2) is 7.28 Å². The average Bonchev–Trinajstić information content (AvgIpc) is 2.70. The number of halogens is 1. The molecule has 0 bridgehead atoms. The fourth-order valence-corrected chi connectivity index (χ4v) is 2.88. The molecule has 1 radical (unpaired) electrons. The predicted octanol–water partition coefficient (Wildman–Crippen LogP) is 4.93. The maximum Gasteiger partial charge on any atom is 0.148 e. The third-order valence-electron chi connectivity index (χ3n) is 4.67. The van der Waals surface area contributed by atoms with E-state index in [1.54, 1.807) is 13.0 Å². The van der Waals surface area contributed by atoms with Crippen molar-refractivity contribution in [1.82, 2.24) is 0 Å². The molecule has 0 amide bonds. The minimum atomic E-state index is -0.229. The summed E-state index contributed by atoms with van der Waals surface area (Å²) in [4.78, 5) is 0. The van der Waals surface area contributed by atoms with Crippen LogP contribution in [0, 0.1) is 50.3 Å². The van der Waals surface area contributed by atoms with E-state index >= 15 is 0 Å². The normalized spacial score (nSPS) is 9.75. The highest BCUT2D eigenvalue weighted by Gasteiger charge is 2.01. The van der Waals surface area contributed by atoms with Crippen LogP contribution < -0.4 is 5.46 Å². The van der Waals surface area contributed by atoms with Crippen molar-refractivity contribution in [3.05, 3.63) is 99.4 Å². The summed E-state index contributed by atoms with van der Waals surface area (Å²) in [5.74, 6) is 12.3. The molecule has 0 aliphatic carbocycles. The highest BCUT2D eigenvalue weighted by molar-refractivity contribution is 6.52. The minimum Gasteiger partial charge on any atom is -0.207 e. The molecule has 0 aromatic heterocycles. The van der Waals surface area contributed by atoms with E-state index in [9.17, 15) is 4.39 Å². The van der Waals surface area contributed by atoms with Gasteiger partial charge in [-0.1, -0.05) is 53.7 Å². The topological polar surface area (TPSA) is 0 Å². The lowest BCUT2D eigenvalue weighted by atomic mass is 9.70. The SMILES string of the molecule is C[B]c1cc(C)c(C#Cc2ccc(C#Cc3ccc(C)c(F)c3)cc2)cc1C. The second-order valence-electron chi connectivity index (χ2n) is 6.85. The van der Waals surface area contributed by atoms with Gasteiger partial charge in [-0.2, -0.15) is 0 Å². The molecule has 0 saturated heterocycles. The molecule has 0 spiro atoms. The third-order valence-corrected chi connectivity index (χ3v) is 4.67. The fourth-order valence-electron chi connectivity index (χ4n) is 2.88. The number of benzene rings is 3. The van der Waals surface area contributed by atoms with Crippen LogP contribution in [0.25, 0.3) is 0 Å². The van der Waals surface area contributed by atoms with E-state index in [4.69, 9.17) is 0 Å². The standard InChI is InChI=1S/C26H21BF/c1-18-5-6-23(17-26(18)28)12-11-21-7-9-22(10-8-21)13-14-24-15-20(3)25(27-4)16-19(24)2/h5-10,15-17H,1-4H3. The van der Waals surface area contributed by atoms with E-state index in [-0.39, 0.29) is 5.82 Å². The van der Waals surface area contributed by atoms with Crippen molar-refractivity contribution in [2.45, 2.75) is 27.6 Å². The zero-order chi connectivity index (χ0) is 20.1. The molecule has 0 heterocycles. The second-order valence-corrected chi connectivity index (χ2v) is 6.85. The zero-order valence-electron chi connectivity index (χ0n) is 16.7. The van der Waals surface area contributed by atoms with E-state index in [0.29, 0.717) is 11.1 Å². The summed E-state index contributed by atoms with van der Waals surface area (Å²) in [6.45, 7) is 7.98. The molecular formula is C26H21BF. The Bertz CT molecular complexity index is 1130. The largest absolute Gasteiger partial charge is 0.207 e. The molecule has 0 saturated carbocycles. The van der Waals surface area contributed by atoms with E-state index in [1.807, 2.05) is 37.2 Å². The van der Waals surface area contributed by atoms with Crippen LogP contribution in [-0.2, 0) is 0 Å². The van der Waals surface area contributed by atoms with Crippen LogP contribution in [0.5, 0.6) is 0 Å². The summed E-state index contributed by atoms with van der Waals surface area (Å²) < 4.78 is 13.6. The highest BCUT2D eigenvalue weighted by atomic mass is 19.1. The Morgan fingerprint density at radius 1 is 0.643 bits per heavy atom. The summed E-state index contributed by atoms with van der Waals surface area (Å²) in [5.41, 5.74) is 7.82. The Labute approximate surface area is 168 Å². The Morgan fingerprint density at radius 3 is 1.82 bits per heavy atom. The molecule has 0 atom stereocenters. The molecule has 3 aromatic rings. The van der Waals surface area contributed by atoms with E-state index in [2.05, 4.69) is 56.9 Å². The van der Waals surface area contributed by atoms with Crippen LogP contribution in [0.15, 0.2) is 54.6 Å². The molecule has 2 heteroatoms. The van der Waals surface area contributed by atoms with Crippen molar-refractivity contribution in [3.8, 4) is 23.7 Å². The molecule has 0 aliphatic heterocycles. The quantitative estimate of drug-likeness (QED) is 0.425. The van der Waals surface area contributed by atoms with Gasteiger partial charge in [-0.15, -0.1) is 0 Å². The lowest BCUT2D eigenvalue weighted by molar-refractivity contribution is 0.618. The van der Waals surface area contributed by atoms with Crippen molar-refractivity contribution in [1.29, 1.82) is 0 Å². The molecule has 0 N–H and O–H groups in total. The molecule has 0 nitrogen and oxygen atoms in total. The van der Waals surface area contributed by atoms with Gasteiger partial charge in [0, 0.05) is 22.3 Å². The maximum atomic E-state index is 13.6. The van der Waals surface area contributed by atoms with Crippen LogP contribution in [0.1, 0.15) is 38.9 Å². The van der Waals surface area contributed by atoms with Crippen molar-refractivity contribution < 1.29 is 4.39 Å². The lowest BCUT2D eigenvalue weighted by Crippen LogP contribution is -2.15. The molecule has 28 heavy (non-hydrogen) atoms. The summed E-state index contributed by atoms with van der Waals surface area (Å²) in [7, 11) is 2.12. The first-order valence-corrected chi connectivity index (χ1v) is 9.27. The van der Waals surface area contributed by atoms with Crippen molar-refractivity contribution >= 4 is 12.7 Å². The Kier molecular flexibility index (Phi) is 6.03. The van der Waals surface area contributed by atoms with Crippen molar-refractivity contribution in [3.63, 3.8) is 0 Å². The summed E-state index contributed by atoms with van der Waals surface area (Å²) in [6, 6.07) is 17.2. The second kappa shape index (κ2) is 8.64. The van der Waals surface area contributed by atoms with Gasteiger partial charge in [0.1, 0.15) is 13.1 Å². The number of aryl methyl sites for hydroxylation is 3. The van der Waals surface area contributed by atoms with Crippen molar-refractivity contribution in [2.75, 3.05) is 0 Å². The van der Waals surface area contributed by atoms with Crippen molar-refractivity contribution in [2.24, 2.45) is 0 Å². The molecule has 3 rings (SSSR count). The van der Waals surface area contributed by atoms with Crippen LogP contribution >= 0.6 is 0 Å². The molecule has 0 aliphatic rings. The minimum absolute atomic E-state index is 0.229. The lowest BCUT2D eigenvalue weighted by Gasteiger charge is -2.06. The zero-order valence-corrected chi connectivity index (χ0v) is 16.7. The Morgan fingerprint density at radius 2 is 1.21 bits per heavy atom. The maximum absolute atomic E-state index is 13.6. The Balaban J connectivity index is 1.78. The first-order chi connectivity index (χ1) is 13.5. The monoisotopic (exact) mass is 363 g/mol. The fraction of sp³-hybridized carbons (Fsp3) is 0.154. The molecule has 0 fully saturated rings. The van der Waals surface area contributed by atoms with Crippen LogP contribution in [0.2, 0.25) is 6.82 Å². The van der Waals surface area contributed by atoms with Gasteiger partial charge in [-0.3, -0.25) is 0 Å². The van der Waals surface area contributed by atoms with Crippen LogP contribution in [0.3, 0.4) is 0 Å². The van der Waals surface area contributed by atoms with E-state index < -0.39 is 0 Å². The van der Waals surface area contributed by atoms with E-state index in [0.717, 1.165) is 16.7 Å². The van der Waals surface area contributed by atoms with E-state index in [1.165, 1.54) is 22.7 Å². The third kappa shape index (κ3) is 4.73. The predicted molar refractivity (Wildman–Crippen MR) is 117 cm³/mol. The first kappa shape index (κ1) is 19.5. The molecule has 0 unspecified atom stereocenters. The summed E-state index contributed by atoms with van der Waals surface area (Å²) >= 11 is 0. The van der Waals surface area contributed by atoms with Gasteiger partial charge >= 0.3 is 0 Å². The van der Waals surface area contributed by atoms with Gasteiger partial charge in [0.25, 0.3) is 0 Å². The molecule has 3 aromatic carbocycles. The summed E-state index contributed by atoms with van der Waals surface area (Å²) in [6.07, 6.45) is 0. The average molecular weight is 363 g/mol. The number of rotatable bonds is 1.